The molecule has 19 heavy (non-hydrogen) atoms. The van der Waals surface area contributed by atoms with Gasteiger partial charge < -0.3 is 10.8 Å². The lowest BCUT2D eigenvalue weighted by atomic mass is 10.0. The molecule has 2 unspecified atom stereocenters. The van der Waals surface area contributed by atoms with Gasteiger partial charge in [-0.3, -0.25) is 0 Å². The predicted molar refractivity (Wildman–Crippen MR) is 85.4 cm³/mol. The summed E-state index contributed by atoms with van der Waals surface area (Å²) < 4.78 is 0. The summed E-state index contributed by atoms with van der Waals surface area (Å²) in [6, 6.07) is 0.193. The average Bonchev–Trinajstić information content (AvgIpc) is 2.35. The Hall–Kier alpha value is -0.0800. The zero-order chi connectivity index (χ0) is 14.3. The summed E-state index contributed by atoms with van der Waals surface area (Å²) in [5.41, 5.74) is 5.93. The maximum atomic E-state index is 9.22. The van der Waals surface area contributed by atoms with Gasteiger partial charge in [-0.2, -0.15) is 0 Å². The van der Waals surface area contributed by atoms with Crippen LogP contribution in [0.3, 0.4) is 0 Å². The van der Waals surface area contributed by atoms with E-state index in [0.29, 0.717) is 0 Å². The molecule has 0 amide bonds. The van der Waals surface area contributed by atoms with Gasteiger partial charge in [-0.1, -0.05) is 77.6 Å². The van der Waals surface area contributed by atoms with Crippen LogP contribution in [0.5, 0.6) is 0 Å². The van der Waals surface area contributed by atoms with Crippen LogP contribution >= 0.6 is 0 Å². The van der Waals surface area contributed by atoms with Crippen LogP contribution in [-0.4, -0.2) is 17.3 Å². The number of hydrogen-bond acceptors (Lipinski definition) is 2. The molecular weight excluding hydrogens is 234 g/mol. The molecule has 0 bridgehead atoms. The molecule has 2 atom stereocenters. The lowest BCUT2D eigenvalue weighted by Crippen LogP contribution is -2.24. The van der Waals surface area contributed by atoms with Crippen molar-refractivity contribution in [2.45, 2.75) is 109 Å². The first kappa shape index (κ1) is 18.9. The summed E-state index contributed by atoms with van der Waals surface area (Å²) in [5.74, 6) is 0. The fourth-order valence-electron chi connectivity index (χ4n) is 2.63. The highest BCUT2D eigenvalue weighted by Gasteiger charge is 2.05. The van der Waals surface area contributed by atoms with E-state index >= 15 is 0 Å². The third kappa shape index (κ3) is 15.9. The lowest BCUT2D eigenvalue weighted by Gasteiger charge is -2.12. The summed E-state index contributed by atoms with van der Waals surface area (Å²) in [6.07, 6.45) is 16.7. The molecule has 0 aromatic carbocycles. The Labute approximate surface area is 121 Å². The molecule has 0 rings (SSSR count). The summed E-state index contributed by atoms with van der Waals surface area (Å²) in [4.78, 5) is 0. The van der Waals surface area contributed by atoms with Crippen LogP contribution in [-0.2, 0) is 0 Å². The summed E-state index contributed by atoms with van der Waals surface area (Å²) >= 11 is 0. The topological polar surface area (TPSA) is 46.2 Å². The predicted octanol–water partition coefficient (Wildman–Crippen LogP) is 4.79. The summed E-state index contributed by atoms with van der Waals surface area (Å²) in [6.45, 7) is 4.09. The van der Waals surface area contributed by atoms with Crippen molar-refractivity contribution in [2.75, 3.05) is 0 Å². The molecule has 0 aromatic rings. The van der Waals surface area contributed by atoms with Gasteiger partial charge in [-0.15, -0.1) is 0 Å². The molecule has 116 valence electrons. The molecule has 0 radical (unpaired) electrons. The Balaban J connectivity index is 3.06. The standard InChI is InChI=1S/C17H37NO/c1-3-4-5-6-7-8-9-10-11-12-13-14-17(18)15-16(2)19/h16-17,19H,3-15,18H2,1-2H3. The average molecular weight is 271 g/mol. The van der Waals surface area contributed by atoms with E-state index in [-0.39, 0.29) is 12.1 Å². The fourth-order valence-corrected chi connectivity index (χ4v) is 2.63. The van der Waals surface area contributed by atoms with Gasteiger partial charge in [0.1, 0.15) is 0 Å². The smallest absolute Gasteiger partial charge is 0.0526 e. The van der Waals surface area contributed by atoms with E-state index in [2.05, 4.69) is 6.92 Å². The zero-order valence-electron chi connectivity index (χ0n) is 13.4. The first-order chi connectivity index (χ1) is 9.16. The minimum atomic E-state index is -0.247. The number of unbranched alkanes of at least 4 members (excludes halogenated alkanes) is 10. The van der Waals surface area contributed by atoms with E-state index in [9.17, 15) is 5.11 Å². The van der Waals surface area contributed by atoms with Gasteiger partial charge in [0.15, 0.2) is 0 Å². The molecule has 0 heterocycles. The third-order valence-corrected chi connectivity index (χ3v) is 3.82. The molecule has 0 spiro atoms. The number of hydrogen-bond donors (Lipinski definition) is 2. The molecule has 0 saturated carbocycles. The normalized spacial score (nSPS) is 14.5. The minimum absolute atomic E-state index is 0.193. The van der Waals surface area contributed by atoms with Gasteiger partial charge in [0.25, 0.3) is 0 Å². The molecule has 0 aliphatic carbocycles. The lowest BCUT2D eigenvalue weighted by molar-refractivity contribution is 0.172. The van der Waals surface area contributed by atoms with Gasteiger partial charge in [-0.05, 0) is 19.8 Å². The highest BCUT2D eigenvalue weighted by molar-refractivity contribution is 4.64. The fraction of sp³-hybridized carbons (Fsp3) is 1.00. The SMILES string of the molecule is CCCCCCCCCCCCCC(N)CC(C)O. The van der Waals surface area contributed by atoms with E-state index in [1.807, 2.05) is 6.92 Å². The van der Waals surface area contributed by atoms with Crippen LogP contribution in [0.15, 0.2) is 0 Å². The summed E-state index contributed by atoms with van der Waals surface area (Å²) in [5, 5.41) is 9.22. The first-order valence-electron chi connectivity index (χ1n) is 8.60. The Morgan fingerprint density at radius 2 is 1.21 bits per heavy atom. The van der Waals surface area contributed by atoms with Crippen LogP contribution in [0.2, 0.25) is 0 Å². The van der Waals surface area contributed by atoms with Crippen molar-refractivity contribution in [1.82, 2.24) is 0 Å². The van der Waals surface area contributed by atoms with Crippen molar-refractivity contribution in [3.63, 3.8) is 0 Å². The molecule has 3 N–H and O–H groups in total. The van der Waals surface area contributed by atoms with E-state index < -0.39 is 0 Å². The maximum Gasteiger partial charge on any atom is 0.0526 e. The van der Waals surface area contributed by atoms with Crippen LogP contribution in [0.1, 0.15) is 97.3 Å². The Bertz CT molecular complexity index is 171. The molecule has 0 aromatic heterocycles. The second-order valence-electron chi connectivity index (χ2n) is 6.17. The van der Waals surface area contributed by atoms with Crippen molar-refractivity contribution in [3.8, 4) is 0 Å². The number of aliphatic hydroxyl groups excluding tert-OH is 1. The van der Waals surface area contributed by atoms with Crippen LogP contribution in [0.25, 0.3) is 0 Å². The highest BCUT2D eigenvalue weighted by Crippen LogP contribution is 2.13. The number of aliphatic hydroxyl groups is 1. The van der Waals surface area contributed by atoms with Crippen molar-refractivity contribution in [3.05, 3.63) is 0 Å². The zero-order valence-corrected chi connectivity index (χ0v) is 13.4. The summed E-state index contributed by atoms with van der Waals surface area (Å²) in [7, 11) is 0. The van der Waals surface area contributed by atoms with Crippen molar-refractivity contribution < 1.29 is 5.11 Å². The van der Waals surface area contributed by atoms with E-state index in [4.69, 9.17) is 5.73 Å². The van der Waals surface area contributed by atoms with Crippen LogP contribution < -0.4 is 5.73 Å². The number of nitrogens with two attached hydrogens (primary N) is 1. The molecule has 0 aliphatic rings. The van der Waals surface area contributed by atoms with Crippen molar-refractivity contribution in [2.24, 2.45) is 5.73 Å². The molecule has 0 saturated heterocycles. The molecular formula is C17H37NO. The van der Waals surface area contributed by atoms with Crippen LogP contribution in [0, 0.1) is 0 Å². The molecule has 2 heteroatoms. The second-order valence-corrected chi connectivity index (χ2v) is 6.17. The van der Waals surface area contributed by atoms with Crippen LogP contribution in [0.4, 0.5) is 0 Å². The van der Waals surface area contributed by atoms with Gasteiger partial charge in [0.2, 0.25) is 0 Å². The second kappa shape index (κ2) is 14.3. The molecule has 2 nitrogen and oxygen atoms in total. The monoisotopic (exact) mass is 271 g/mol. The molecule has 0 aliphatic heterocycles. The van der Waals surface area contributed by atoms with E-state index in [1.165, 1.54) is 70.6 Å². The largest absolute Gasteiger partial charge is 0.393 e. The Morgan fingerprint density at radius 1 is 0.789 bits per heavy atom. The maximum absolute atomic E-state index is 9.22. The van der Waals surface area contributed by atoms with Gasteiger partial charge in [-0.25, -0.2) is 0 Å². The third-order valence-electron chi connectivity index (χ3n) is 3.82. The van der Waals surface area contributed by atoms with E-state index in [0.717, 1.165) is 12.8 Å². The van der Waals surface area contributed by atoms with Gasteiger partial charge >= 0.3 is 0 Å². The van der Waals surface area contributed by atoms with E-state index in [1.54, 1.807) is 0 Å². The minimum Gasteiger partial charge on any atom is -0.393 e. The van der Waals surface area contributed by atoms with Gasteiger partial charge in [0, 0.05) is 6.04 Å². The molecule has 0 fully saturated rings. The first-order valence-corrected chi connectivity index (χ1v) is 8.60. The highest BCUT2D eigenvalue weighted by atomic mass is 16.3. The van der Waals surface area contributed by atoms with Crippen molar-refractivity contribution in [1.29, 1.82) is 0 Å². The Morgan fingerprint density at radius 3 is 1.63 bits per heavy atom. The quantitative estimate of drug-likeness (QED) is 0.446. The Kier molecular flexibility index (Phi) is 14.3. The number of rotatable bonds is 14. The van der Waals surface area contributed by atoms with Gasteiger partial charge in [0.05, 0.1) is 6.10 Å². The van der Waals surface area contributed by atoms with Crippen molar-refractivity contribution >= 4 is 0 Å².